The van der Waals surface area contributed by atoms with Gasteiger partial charge in [-0.15, -0.1) is 0 Å². The molecule has 0 saturated heterocycles. The lowest BCUT2D eigenvalue weighted by atomic mass is 10.1. The molecule has 2 aromatic rings. The highest BCUT2D eigenvalue weighted by atomic mass is 16.5. The van der Waals surface area contributed by atoms with Crippen molar-refractivity contribution in [1.82, 2.24) is 0 Å². The largest absolute Gasteiger partial charge is 0.465 e. The Morgan fingerprint density at radius 2 is 1.84 bits per heavy atom. The first-order valence-corrected chi connectivity index (χ1v) is 6.20. The summed E-state index contributed by atoms with van der Waals surface area (Å²) in [6, 6.07) is 17.6. The minimum absolute atomic E-state index is 0.175. The van der Waals surface area contributed by atoms with E-state index in [2.05, 4.69) is 24.4 Å². The second kappa shape index (κ2) is 6.05. The molecule has 0 bridgehead atoms. The monoisotopic (exact) mass is 255 g/mol. The van der Waals surface area contributed by atoms with Gasteiger partial charge in [0.25, 0.3) is 0 Å². The molecule has 0 radical (unpaired) electrons. The average Bonchev–Trinajstić information content (AvgIpc) is 2.47. The summed E-state index contributed by atoms with van der Waals surface area (Å²) >= 11 is 0. The molecule has 0 amide bonds. The maximum atomic E-state index is 11.5. The van der Waals surface area contributed by atoms with E-state index in [0.717, 1.165) is 5.69 Å². The van der Waals surface area contributed by atoms with Crippen LogP contribution in [0.15, 0.2) is 54.6 Å². The fraction of sp³-hybridized carbons (Fsp3) is 0.188. The van der Waals surface area contributed by atoms with Crippen LogP contribution < -0.4 is 5.32 Å². The summed E-state index contributed by atoms with van der Waals surface area (Å²) in [5, 5.41) is 3.37. The quantitative estimate of drug-likeness (QED) is 0.847. The molecule has 0 aliphatic heterocycles. The van der Waals surface area contributed by atoms with E-state index in [4.69, 9.17) is 4.74 Å². The first kappa shape index (κ1) is 13.1. The number of hydrogen-bond acceptors (Lipinski definition) is 3. The molecule has 1 atom stereocenters. The molecule has 3 heteroatoms. The Hall–Kier alpha value is -2.29. The normalized spacial score (nSPS) is 11.7. The predicted molar refractivity (Wildman–Crippen MR) is 76.3 cm³/mol. The van der Waals surface area contributed by atoms with Gasteiger partial charge in [-0.05, 0) is 30.7 Å². The lowest BCUT2D eigenvalue weighted by Gasteiger charge is -2.16. The van der Waals surface area contributed by atoms with Crippen LogP contribution in [-0.2, 0) is 4.74 Å². The van der Waals surface area contributed by atoms with Crippen LogP contribution in [0.4, 0.5) is 5.69 Å². The molecule has 0 aromatic heterocycles. The number of benzene rings is 2. The number of anilines is 1. The maximum Gasteiger partial charge on any atom is 0.337 e. The van der Waals surface area contributed by atoms with Crippen LogP contribution in [0.3, 0.4) is 0 Å². The van der Waals surface area contributed by atoms with E-state index in [9.17, 15) is 4.79 Å². The van der Waals surface area contributed by atoms with Gasteiger partial charge in [-0.2, -0.15) is 0 Å². The second-order valence-electron chi connectivity index (χ2n) is 4.35. The highest BCUT2D eigenvalue weighted by Gasteiger charge is 2.08. The summed E-state index contributed by atoms with van der Waals surface area (Å²) in [7, 11) is 1.38. The van der Waals surface area contributed by atoms with E-state index in [-0.39, 0.29) is 12.0 Å². The number of hydrogen-bond donors (Lipinski definition) is 1. The SMILES string of the molecule is COC(=O)c1cccc(NC(C)c2ccccc2)c1. The molecular weight excluding hydrogens is 238 g/mol. The van der Waals surface area contributed by atoms with Gasteiger partial charge in [0.05, 0.1) is 12.7 Å². The van der Waals surface area contributed by atoms with Crippen molar-refractivity contribution in [2.75, 3.05) is 12.4 Å². The molecular formula is C16H17NO2. The minimum atomic E-state index is -0.323. The van der Waals surface area contributed by atoms with Gasteiger partial charge in [0.1, 0.15) is 0 Å². The molecule has 0 spiro atoms. The van der Waals surface area contributed by atoms with Crippen LogP contribution in [0.5, 0.6) is 0 Å². The van der Waals surface area contributed by atoms with Crippen LogP contribution in [0, 0.1) is 0 Å². The zero-order chi connectivity index (χ0) is 13.7. The van der Waals surface area contributed by atoms with Gasteiger partial charge in [0.2, 0.25) is 0 Å². The summed E-state index contributed by atoms with van der Waals surface area (Å²) in [6.45, 7) is 2.08. The second-order valence-corrected chi connectivity index (χ2v) is 4.35. The number of esters is 1. The Morgan fingerprint density at radius 3 is 2.53 bits per heavy atom. The minimum Gasteiger partial charge on any atom is -0.465 e. The Bertz CT molecular complexity index is 552. The number of rotatable bonds is 4. The van der Waals surface area contributed by atoms with Gasteiger partial charge < -0.3 is 10.1 Å². The van der Waals surface area contributed by atoms with Crippen molar-refractivity contribution in [3.63, 3.8) is 0 Å². The molecule has 2 aromatic carbocycles. The Morgan fingerprint density at radius 1 is 1.11 bits per heavy atom. The van der Waals surface area contributed by atoms with Crippen LogP contribution in [0.2, 0.25) is 0 Å². The van der Waals surface area contributed by atoms with Crippen molar-refractivity contribution in [1.29, 1.82) is 0 Å². The van der Waals surface area contributed by atoms with Crippen molar-refractivity contribution in [3.05, 3.63) is 65.7 Å². The van der Waals surface area contributed by atoms with Crippen molar-refractivity contribution < 1.29 is 9.53 Å². The van der Waals surface area contributed by atoms with Gasteiger partial charge in [0.15, 0.2) is 0 Å². The highest BCUT2D eigenvalue weighted by molar-refractivity contribution is 5.90. The third-order valence-electron chi connectivity index (χ3n) is 2.97. The average molecular weight is 255 g/mol. The zero-order valence-electron chi connectivity index (χ0n) is 11.1. The van der Waals surface area contributed by atoms with Crippen molar-refractivity contribution >= 4 is 11.7 Å². The summed E-state index contributed by atoms with van der Waals surface area (Å²) in [4.78, 5) is 11.5. The summed E-state index contributed by atoms with van der Waals surface area (Å²) in [6.07, 6.45) is 0. The van der Waals surface area contributed by atoms with E-state index < -0.39 is 0 Å². The first-order valence-electron chi connectivity index (χ1n) is 6.20. The van der Waals surface area contributed by atoms with E-state index in [1.807, 2.05) is 30.3 Å². The molecule has 1 unspecified atom stereocenters. The van der Waals surface area contributed by atoms with Gasteiger partial charge in [-0.1, -0.05) is 36.4 Å². The molecule has 0 saturated carbocycles. The van der Waals surface area contributed by atoms with Crippen molar-refractivity contribution in [2.24, 2.45) is 0 Å². The highest BCUT2D eigenvalue weighted by Crippen LogP contribution is 2.20. The van der Waals surface area contributed by atoms with E-state index in [0.29, 0.717) is 5.56 Å². The number of methoxy groups -OCH3 is 1. The topological polar surface area (TPSA) is 38.3 Å². The lowest BCUT2D eigenvalue weighted by Crippen LogP contribution is -2.08. The van der Waals surface area contributed by atoms with Crippen LogP contribution >= 0.6 is 0 Å². The molecule has 98 valence electrons. The maximum absolute atomic E-state index is 11.5. The number of carbonyl (C=O) groups excluding carboxylic acids is 1. The van der Waals surface area contributed by atoms with Crippen LogP contribution in [0.25, 0.3) is 0 Å². The van der Waals surface area contributed by atoms with Gasteiger partial charge in [-0.3, -0.25) is 0 Å². The summed E-state index contributed by atoms with van der Waals surface area (Å²) < 4.78 is 4.71. The number of ether oxygens (including phenoxy) is 1. The summed E-state index contributed by atoms with van der Waals surface area (Å²) in [5.41, 5.74) is 2.65. The van der Waals surface area contributed by atoms with Crippen molar-refractivity contribution in [2.45, 2.75) is 13.0 Å². The standard InChI is InChI=1S/C16H17NO2/c1-12(13-7-4-3-5-8-13)17-15-10-6-9-14(11-15)16(18)19-2/h3-12,17H,1-2H3. The smallest absolute Gasteiger partial charge is 0.337 e. The molecule has 0 fully saturated rings. The third kappa shape index (κ3) is 3.35. The Balaban J connectivity index is 2.13. The third-order valence-corrected chi connectivity index (χ3v) is 2.97. The molecule has 3 nitrogen and oxygen atoms in total. The molecule has 1 N–H and O–H groups in total. The van der Waals surface area contributed by atoms with Crippen molar-refractivity contribution in [3.8, 4) is 0 Å². The van der Waals surface area contributed by atoms with Crippen LogP contribution in [-0.4, -0.2) is 13.1 Å². The molecule has 2 rings (SSSR count). The number of nitrogens with one attached hydrogen (secondary N) is 1. The Kier molecular flexibility index (Phi) is 4.18. The van der Waals surface area contributed by atoms with E-state index in [1.165, 1.54) is 12.7 Å². The van der Waals surface area contributed by atoms with Crippen LogP contribution in [0.1, 0.15) is 28.9 Å². The van der Waals surface area contributed by atoms with Gasteiger partial charge in [0, 0.05) is 11.7 Å². The van der Waals surface area contributed by atoms with Gasteiger partial charge >= 0.3 is 5.97 Å². The molecule has 0 aliphatic rings. The van der Waals surface area contributed by atoms with E-state index in [1.54, 1.807) is 12.1 Å². The zero-order valence-corrected chi connectivity index (χ0v) is 11.1. The van der Waals surface area contributed by atoms with E-state index >= 15 is 0 Å². The fourth-order valence-electron chi connectivity index (χ4n) is 1.93. The molecule has 0 aliphatic carbocycles. The lowest BCUT2D eigenvalue weighted by molar-refractivity contribution is 0.0601. The number of carbonyl (C=O) groups is 1. The van der Waals surface area contributed by atoms with Gasteiger partial charge in [-0.25, -0.2) is 4.79 Å². The summed E-state index contributed by atoms with van der Waals surface area (Å²) in [5.74, 6) is -0.323. The molecule has 0 heterocycles. The Labute approximate surface area is 113 Å². The molecule has 19 heavy (non-hydrogen) atoms. The fourth-order valence-corrected chi connectivity index (χ4v) is 1.93. The predicted octanol–water partition coefficient (Wildman–Crippen LogP) is 3.65. The first-order chi connectivity index (χ1) is 9.20.